The van der Waals surface area contributed by atoms with Crippen molar-refractivity contribution in [3.8, 4) is 0 Å². The van der Waals surface area contributed by atoms with Gasteiger partial charge in [0.1, 0.15) is 13.2 Å². The fourth-order valence-electron chi connectivity index (χ4n) is 10.7. The van der Waals surface area contributed by atoms with Crippen LogP contribution < -0.4 is 0 Å². The number of ether oxygens (including phenoxy) is 3. The zero-order chi connectivity index (χ0) is 58.5. The van der Waals surface area contributed by atoms with Crippen LogP contribution in [-0.2, 0) is 28.6 Å². The van der Waals surface area contributed by atoms with E-state index in [0.717, 1.165) is 103 Å². The summed E-state index contributed by atoms with van der Waals surface area (Å²) in [6.07, 6.45) is 89.7. The fraction of sp³-hybridized carbons (Fsp3) is 0.827. The van der Waals surface area contributed by atoms with Gasteiger partial charge in [0.15, 0.2) is 6.10 Å². The van der Waals surface area contributed by atoms with Crippen LogP contribution in [0.2, 0.25) is 0 Å². The largest absolute Gasteiger partial charge is 0.462 e. The maximum absolute atomic E-state index is 13.0. The molecule has 0 aliphatic heterocycles. The summed E-state index contributed by atoms with van der Waals surface area (Å²) < 4.78 is 17.0. The van der Waals surface area contributed by atoms with E-state index in [9.17, 15) is 14.4 Å². The molecule has 0 heterocycles. The molecule has 0 aliphatic rings. The van der Waals surface area contributed by atoms with Gasteiger partial charge in [-0.05, 0) is 83.5 Å². The van der Waals surface area contributed by atoms with Gasteiger partial charge in [-0.2, -0.15) is 0 Å². The standard InChI is InChI=1S/C75H136O6/c1-4-7-10-13-16-19-22-25-28-30-32-33-34-35-36-37-38-39-40-41-43-44-47-50-53-56-59-62-65-68-74(77)80-71-72(70-79-73(76)67-64-61-58-55-52-49-46-27-24-21-18-15-12-9-6-3)81-75(78)69-66-63-60-57-54-51-48-45-42-31-29-26-23-20-17-14-11-8-5-2/h9,12,18,21-22,25,27,30,32,46,72H,4-8,10-11,13-17,19-20,23-24,26,28-29,31,33-45,47-71H2,1-3H3/b12-9-,21-18-,25-22-,32-30-,46-27-. The van der Waals surface area contributed by atoms with E-state index >= 15 is 0 Å². The van der Waals surface area contributed by atoms with Crippen LogP contribution in [0.4, 0.5) is 0 Å². The molecule has 1 unspecified atom stereocenters. The molecule has 0 aliphatic carbocycles. The molecule has 0 aromatic rings. The maximum Gasteiger partial charge on any atom is 0.306 e. The second-order valence-corrected chi connectivity index (χ2v) is 24.1. The van der Waals surface area contributed by atoms with Gasteiger partial charge >= 0.3 is 17.9 Å². The summed E-state index contributed by atoms with van der Waals surface area (Å²) in [7, 11) is 0. The van der Waals surface area contributed by atoms with Crippen LogP contribution in [0.5, 0.6) is 0 Å². The second-order valence-electron chi connectivity index (χ2n) is 24.1. The molecule has 0 saturated carbocycles. The van der Waals surface area contributed by atoms with Crippen molar-refractivity contribution in [1.29, 1.82) is 0 Å². The van der Waals surface area contributed by atoms with Crippen molar-refractivity contribution in [3.63, 3.8) is 0 Å². The smallest absolute Gasteiger partial charge is 0.306 e. The van der Waals surface area contributed by atoms with Crippen molar-refractivity contribution in [2.75, 3.05) is 13.2 Å². The van der Waals surface area contributed by atoms with Crippen LogP contribution in [-0.4, -0.2) is 37.2 Å². The third-order valence-electron chi connectivity index (χ3n) is 16.0. The van der Waals surface area contributed by atoms with Gasteiger partial charge in [0.25, 0.3) is 0 Å². The summed E-state index contributed by atoms with van der Waals surface area (Å²) in [5.41, 5.74) is 0. The van der Waals surface area contributed by atoms with Crippen molar-refractivity contribution in [2.24, 2.45) is 0 Å². The molecule has 0 rings (SSSR count). The number of hydrogen-bond donors (Lipinski definition) is 0. The van der Waals surface area contributed by atoms with Crippen LogP contribution in [0.15, 0.2) is 60.8 Å². The zero-order valence-electron chi connectivity index (χ0n) is 54.3. The van der Waals surface area contributed by atoms with E-state index < -0.39 is 6.10 Å². The summed E-state index contributed by atoms with van der Waals surface area (Å²) in [4.78, 5) is 38.4. The van der Waals surface area contributed by atoms with Gasteiger partial charge < -0.3 is 14.2 Å². The average Bonchev–Trinajstić information content (AvgIpc) is 3.47. The number of esters is 3. The van der Waals surface area contributed by atoms with Gasteiger partial charge in [-0.25, -0.2) is 0 Å². The fourth-order valence-corrected chi connectivity index (χ4v) is 10.7. The van der Waals surface area contributed by atoms with E-state index in [1.54, 1.807) is 0 Å². The summed E-state index contributed by atoms with van der Waals surface area (Å²) in [5.74, 6) is -0.867. The number of allylic oxidation sites excluding steroid dienone is 10. The first-order valence-electron chi connectivity index (χ1n) is 35.8. The Kier molecular flexibility index (Phi) is 67.1. The molecule has 0 fully saturated rings. The lowest BCUT2D eigenvalue weighted by atomic mass is 10.0. The number of rotatable bonds is 66. The molecule has 472 valence electrons. The Morgan fingerprint density at radius 1 is 0.259 bits per heavy atom. The van der Waals surface area contributed by atoms with Crippen LogP contribution in [0.3, 0.4) is 0 Å². The Morgan fingerprint density at radius 2 is 0.481 bits per heavy atom. The minimum Gasteiger partial charge on any atom is -0.462 e. The third kappa shape index (κ3) is 67.8. The van der Waals surface area contributed by atoms with Crippen molar-refractivity contribution < 1.29 is 28.6 Å². The Balaban J connectivity index is 4.23. The Bertz CT molecular complexity index is 1440. The van der Waals surface area contributed by atoms with Crippen LogP contribution in [0, 0.1) is 0 Å². The Hall–Kier alpha value is -2.89. The molecule has 0 bridgehead atoms. The van der Waals surface area contributed by atoms with Crippen molar-refractivity contribution >= 4 is 17.9 Å². The van der Waals surface area contributed by atoms with Gasteiger partial charge in [0, 0.05) is 19.3 Å². The van der Waals surface area contributed by atoms with Gasteiger partial charge in [0.2, 0.25) is 0 Å². The minimum atomic E-state index is -0.780. The van der Waals surface area contributed by atoms with Crippen molar-refractivity contribution in [2.45, 2.75) is 386 Å². The predicted octanol–water partition coefficient (Wildman–Crippen LogP) is 24.7. The highest BCUT2D eigenvalue weighted by molar-refractivity contribution is 5.71. The molecule has 6 heteroatoms. The normalized spacial score (nSPS) is 12.4. The molecule has 0 aromatic heterocycles. The van der Waals surface area contributed by atoms with E-state index in [1.807, 2.05) is 0 Å². The van der Waals surface area contributed by atoms with Gasteiger partial charge in [-0.3, -0.25) is 14.4 Å². The Morgan fingerprint density at radius 3 is 0.753 bits per heavy atom. The SMILES string of the molecule is CC/C=C\C/C=C\C/C=C\CCCCCCCC(=O)OCC(COC(=O)CCCCCCCCCCCCCCCCCCC/C=C\C/C=C\CCCCCCC)OC(=O)CCCCCCCCCCCCCCCCCCCCC. The monoisotopic (exact) mass is 1130 g/mol. The minimum absolute atomic E-state index is 0.0750. The van der Waals surface area contributed by atoms with Crippen molar-refractivity contribution in [1.82, 2.24) is 0 Å². The Labute approximate surface area is 504 Å². The number of unbranched alkanes of at least 4 members (excludes halogenated alkanes) is 45. The first kappa shape index (κ1) is 78.1. The quantitative estimate of drug-likeness (QED) is 0.0261. The topological polar surface area (TPSA) is 78.9 Å². The van der Waals surface area contributed by atoms with Gasteiger partial charge in [0.05, 0.1) is 0 Å². The van der Waals surface area contributed by atoms with E-state index in [4.69, 9.17) is 14.2 Å². The van der Waals surface area contributed by atoms with E-state index in [-0.39, 0.29) is 31.1 Å². The molecule has 81 heavy (non-hydrogen) atoms. The summed E-state index contributed by atoms with van der Waals surface area (Å²) in [6.45, 7) is 6.57. The number of hydrogen-bond acceptors (Lipinski definition) is 6. The molecular weight excluding hydrogens is 997 g/mol. The van der Waals surface area contributed by atoms with E-state index in [0.29, 0.717) is 19.3 Å². The zero-order valence-corrected chi connectivity index (χ0v) is 54.3. The van der Waals surface area contributed by atoms with Crippen LogP contribution in [0.25, 0.3) is 0 Å². The number of carbonyl (C=O) groups excluding carboxylic acids is 3. The van der Waals surface area contributed by atoms with E-state index in [1.165, 1.54) is 238 Å². The third-order valence-corrected chi connectivity index (χ3v) is 16.0. The van der Waals surface area contributed by atoms with E-state index in [2.05, 4.69) is 81.5 Å². The van der Waals surface area contributed by atoms with Crippen LogP contribution in [0.1, 0.15) is 380 Å². The summed E-state index contributed by atoms with van der Waals surface area (Å²) >= 11 is 0. The highest BCUT2D eigenvalue weighted by Gasteiger charge is 2.19. The molecule has 6 nitrogen and oxygen atoms in total. The highest BCUT2D eigenvalue weighted by atomic mass is 16.6. The predicted molar refractivity (Wildman–Crippen MR) is 353 cm³/mol. The maximum atomic E-state index is 13.0. The molecule has 0 spiro atoms. The molecular formula is C75H136O6. The molecule has 0 radical (unpaired) electrons. The molecule has 1 atom stereocenters. The first-order valence-corrected chi connectivity index (χ1v) is 35.8. The van der Waals surface area contributed by atoms with Crippen molar-refractivity contribution in [3.05, 3.63) is 60.8 Å². The van der Waals surface area contributed by atoms with Gasteiger partial charge in [-0.15, -0.1) is 0 Å². The van der Waals surface area contributed by atoms with Crippen LogP contribution >= 0.6 is 0 Å². The summed E-state index contributed by atoms with van der Waals surface area (Å²) in [6, 6.07) is 0. The lowest BCUT2D eigenvalue weighted by Gasteiger charge is -2.18. The van der Waals surface area contributed by atoms with Gasteiger partial charge in [-0.1, -0.05) is 338 Å². The first-order chi connectivity index (χ1) is 40.0. The lowest BCUT2D eigenvalue weighted by molar-refractivity contribution is -0.167. The number of carbonyl (C=O) groups is 3. The second kappa shape index (κ2) is 69.6. The molecule has 0 saturated heterocycles. The molecule has 0 aromatic carbocycles. The molecule has 0 N–H and O–H groups in total. The highest BCUT2D eigenvalue weighted by Crippen LogP contribution is 2.18. The average molecular weight is 1130 g/mol. The lowest BCUT2D eigenvalue weighted by Crippen LogP contribution is -2.30. The summed E-state index contributed by atoms with van der Waals surface area (Å²) in [5, 5.41) is 0. The molecule has 0 amide bonds.